The molecule has 114 valence electrons. The molecule has 3 aromatic rings. The third kappa shape index (κ3) is 2.52. The summed E-state index contributed by atoms with van der Waals surface area (Å²) in [5.41, 5.74) is 2.96. The number of pyridine rings is 1. The van der Waals surface area contributed by atoms with Crippen LogP contribution in [0.4, 0.5) is 5.69 Å². The fraction of sp³-hybridized carbons (Fsp3) is 0.267. The summed E-state index contributed by atoms with van der Waals surface area (Å²) in [4.78, 5) is 16.8. The van der Waals surface area contributed by atoms with Crippen LogP contribution in [0.15, 0.2) is 29.0 Å². The van der Waals surface area contributed by atoms with Gasteiger partial charge in [0, 0.05) is 29.6 Å². The highest BCUT2D eigenvalue weighted by Gasteiger charge is 2.14. The van der Waals surface area contributed by atoms with Gasteiger partial charge in [-0.05, 0) is 41.9 Å². The van der Waals surface area contributed by atoms with Gasteiger partial charge in [-0.3, -0.25) is 9.48 Å². The Balaban J connectivity index is 1.92. The van der Waals surface area contributed by atoms with Gasteiger partial charge in [0.1, 0.15) is 5.69 Å². The van der Waals surface area contributed by atoms with E-state index in [9.17, 15) is 4.79 Å². The van der Waals surface area contributed by atoms with Crippen LogP contribution in [0, 0.1) is 6.92 Å². The summed E-state index contributed by atoms with van der Waals surface area (Å²) in [5, 5.41) is 8.16. The van der Waals surface area contributed by atoms with E-state index in [0.717, 1.165) is 27.7 Å². The molecule has 0 aromatic carbocycles. The number of aryl methyl sites for hydroxylation is 3. The van der Waals surface area contributed by atoms with Crippen LogP contribution in [0.2, 0.25) is 0 Å². The monoisotopic (exact) mass is 361 g/mol. The zero-order valence-electron chi connectivity index (χ0n) is 12.6. The summed E-state index contributed by atoms with van der Waals surface area (Å²) in [6, 6.07) is 3.71. The number of hydrogen-bond acceptors (Lipinski definition) is 3. The van der Waals surface area contributed by atoms with Crippen molar-refractivity contribution in [3.8, 4) is 0 Å². The van der Waals surface area contributed by atoms with Gasteiger partial charge >= 0.3 is 0 Å². The van der Waals surface area contributed by atoms with E-state index in [1.807, 2.05) is 37.7 Å². The Morgan fingerprint density at radius 2 is 2.18 bits per heavy atom. The van der Waals surface area contributed by atoms with Gasteiger partial charge in [0.15, 0.2) is 5.65 Å². The predicted molar refractivity (Wildman–Crippen MR) is 89.0 cm³/mol. The number of aromatic nitrogens is 4. The molecule has 0 saturated heterocycles. The van der Waals surface area contributed by atoms with E-state index in [4.69, 9.17) is 0 Å². The second-order valence-corrected chi connectivity index (χ2v) is 6.00. The average Bonchev–Trinajstić information content (AvgIpc) is 3.00. The van der Waals surface area contributed by atoms with Crippen LogP contribution in [0.1, 0.15) is 23.1 Å². The molecule has 1 amide bonds. The first-order chi connectivity index (χ1) is 10.5. The van der Waals surface area contributed by atoms with Gasteiger partial charge in [-0.25, -0.2) is 4.98 Å². The Bertz CT molecular complexity index is 864. The van der Waals surface area contributed by atoms with Crippen molar-refractivity contribution in [2.24, 2.45) is 7.05 Å². The third-order valence-electron chi connectivity index (χ3n) is 3.56. The molecule has 6 nitrogen and oxygen atoms in total. The molecule has 0 unspecified atom stereocenters. The van der Waals surface area contributed by atoms with Crippen LogP contribution in [0.3, 0.4) is 0 Å². The number of halogens is 1. The smallest absolute Gasteiger partial charge is 0.272 e. The van der Waals surface area contributed by atoms with Crippen molar-refractivity contribution >= 4 is 38.6 Å². The molecule has 1 N–H and O–H groups in total. The van der Waals surface area contributed by atoms with Crippen LogP contribution < -0.4 is 5.32 Å². The molecule has 3 rings (SSSR count). The second kappa shape index (κ2) is 5.57. The summed E-state index contributed by atoms with van der Waals surface area (Å²) in [6.07, 6.45) is 3.54. The third-order valence-corrected chi connectivity index (χ3v) is 3.99. The first kappa shape index (κ1) is 14.8. The Kier molecular flexibility index (Phi) is 3.74. The highest BCUT2D eigenvalue weighted by Crippen LogP contribution is 2.21. The summed E-state index contributed by atoms with van der Waals surface area (Å²) in [7, 11) is 1.85. The topological polar surface area (TPSA) is 64.7 Å². The van der Waals surface area contributed by atoms with Gasteiger partial charge in [0.05, 0.1) is 17.6 Å². The molecule has 0 saturated carbocycles. The number of hydrogen-bond donors (Lipinski definition) is 1. The lowest BCUT2D eigenvalue weighted by molar-refractivity contribution is 0.101. The Hall–Kier alpha value is -2.15. The molecule has 0 aliphatic rings. The minimum atomic E-state index is -0.157. The number of fused-ring (bicyclic) bond motifs is 1. The Morgan fingerprint density at radius 1 is 1.41 bits per heavy atom. The first-order valence-corrected chi connectivity index (χ1v) is 7.75. The van der Waals surface area contributed by atoms with Crippen LogP contribution in [0.25, 0.3) is 11.0 Å². The van der Waals surface area contributed by atoms with Gasteiger partial charge < -0.3 is 9.88 Å². The minimum Gasteiger partial charge on any atom is -0.343 e. The van der Waals surface area contributed by atoms with Crippen molar-refractivity contribution in [1.82, 2.24) is 19.3 Å². The van der Waals surface area contributed by atoms with Crippen molar-refractivity contribution in [1.29, 1.82) is 0 Å². The lowest BCUT2D eigenvalue weighted by Crippen LogP contribution is -2.16. The van der Waals surface area contributed by atoms with Crippen LogP contribution in [0.5, 0.6) is 0 Å². The minimum absolute atomic E-state index is 0.157. The fourth-order valence-electron chi connectivity index (χ4n) is 2.50. The largest absolute Gasteiger partial charge is 0.343 e. The maximum Gasteiger partial charge on any atom is 0.272 e. The van der Waals surface area contributed by atoms with Crippen molar-refractivity contribution in [2.75, 3.05) is 5.32 Å². The molecule has 0 spiro atoms. The maximum absolute atomic E-state index is 12.4. The molecular formula is C15H16BrN5O. The summed E-state index contributed by atoms with van der Waals surface area (Å²) in [5.74, 6) is -0.157. The molecule has 0 aliphatic heterocycles. The van der Waals surface area contributed by atoms with Crippen molar-refractivity contribution in [3.63, 3.8) is 0 Å². The van der Waals surface area contributed by atoms with Crippen molar-refractivity contribution in [2.45, 2.75) is 20.4 Å². The van der Waals surface area contributed by atoms with E-state index in [1.54, 1.807) is 16.9 Å². The molecular weight excluding hydrogens is 346 g/mol. The molecule has 3 aromatic heterocycles. The van der Waals surface area contributed by atoms with Crippen LogP contribution in [-0.2, 0) is 13.6 Å². The molecule has 0 atom stereocenters. The quantitative estimate of drug-likeness (QED) is 0.779. The van der Waals surface area contributed by atoms with E-state index in [0.29, 0.717) is 11.4 Å². The molecule has 0 bridgehead atoms. The highest BCUT2D eigenvalue weighted by molar-refractivity contribution is 9.10. The number of nitrogens with one attached hydrogen (secondary N) is 1. The fourth-order valence-corrected chi connectivity index (χ4v) is 2.96. The summed E-state index contributed by atoms with van der Waals surface area (Å²) in [6.45, 7) is 4.65. The van der Waals surface area contributed by atoms with Gasteiger partial charge in [0.2, 0.25) is 0 Å². The van der Waals surface area contributed by atoms with Gasteiger partial charge in [0.25, 0.3) is 5.91 Å². The number of amides is 1. The van der Waals surface area contributed by atoms with Crippen molar-refractivity contribution < 1.29 is 4.79 Å². The van der Waals surface area contributed by atoms with E-state index in [2.05, 4.69) is 31.3 Å². The highest BCUT2D eigenvalue weighted by atomic mass is 79.9. The molecule has 3 heterocycles. The lowest BCUT2D eigenvalue weighted by atomic mass is 10.2. The van der Waals surface area contributed by atoms with E-state index in [1.165, 1.54) is 0 Å². The predicted octanol–water partition coefficient (Wildman–Crippen LogP) is 3.11. The van der Waals surface area contributed by atoms with E-state index < -0.39 is 0 Å². The number of nitrogens with zero attached hydrogens (tertiary/aromatic N) is 4. The Labute approximate surface area is 136 Å². The van der Waals surface area contributed by atoms with Crippen LogP contribution >= 0.6 is 15.9 Å². The molecule has 0 aliphatic carbocycles. The van der Waals surface area contributed by atoms with Gasteiger partial charge in [-0.2, -0.15) is 5.10 Å². The Morgan fingerprint density at radius 3 is 2.91 bits per heavy atom. The zero-order chi connectivity index (χ0) is 15.9. The number of carbonyl (C=O) groups is 1. The van der Waals surface area contributed by atoms with Gasteiger partial charge in [-0.15, -0.1) is 0 Å². The lowest BCUT2D eigenvalue weighted by Gasteiger charge is -2.07. The van der Waals surface area contributed by atoms with E-state index >= 15 is 0 Å². The first-order valence-electron chi connectivity index (χ1n) is 6.96. The van der Waals surface area contributed by atoms with E-state index in [-0.39, 0.29) is 5.91 Å². The molecule has 0 fully saturated rings. The number of anilines is 1. The summed E-state index contributed by atoms with van der Waals surface area (Å²) >= 11 is 3.40. The molecule has 0 radical (unpaired) electrons. The second-order valence-electron chi connectivity index (χ2n) is 5.09. The molecule has 7 heteroatoms. The molecule has 22 heavy (non-hydrogen) atoms. The SMILES string of the molecule is CCn1cc(Br)cc1C(=O)Nc1cnc2c(c1)c(C)nn2C. The summed E-state index contributed by atoms with van der Waals surface area (Å²) < 4.78 is 4.51. The zero-order valence-corrected chi connectivity index (χ0v) is 14.2. The normalized spacial score (nSPS) is 11.1. The van der Waals surface area contributed by atoms with Crippen molar-refractivity contribution in [3.05, 3.63) is 40.4 Å². The van der Waals surface area contributed by atoms with Crippen LogP contribution in [-0.4, -0.2) is 25.2 Å². The van der Waals surface area contributed by atoms with Gasteiger partial charge in [-0.1, -0.05) is 0 Å². The number of carbonyl (C=O) groups excluding carboxylic acids is 1. The standard InChI is InChI=1S/C15H16BrN5O/c1-4-21-8-10(16)5-13(21)15(22)18-11-6-12-9(2)19-20(3)14(12)17-7-11/h5-8H,4H2,1-3H3,(H,18,22). The average molecular weight is 362 g/mol. The number of rotatable bonds is 3. The maximum atomic E-state index is 12.4.